The summed E-state index contributed by atoms with van der Waals surface area (Å²) in [5.41, 5.74) is 0. The summed E-state index contributed by atoms with van der Waals surface area (Å²) >= 11 is 12.2. The Morgan fingerprint density at radius 1 is 1.14 bits per heavy atom. The number of halogens is 2. The van der Waals surface area contributed by atoms with Gasteiger partial charge in [0.1, 0.15) is 4.90 Å². The lowest BCUT2D eigenvalue weighted by molar-refractivity contribution is -0.0586. The first-order chi connectivity index (χ1) is 10.0. The van der Waals surface area contributed by atoms with Gasteiger partial charge in [-0.15, -0.1) is 0 Å². The number of fused-ring (bicyclic) bond motifs is 1. The van der Waals surface area contributed by atoms with Gasteiger partial charge in [0, 0.05) is 6.54 Å². The molecular formula is C14H17Cl2NO3S. The van der Waals surface area contributed by atoms with Gasteiger partial charge in [0.05, 0.1) is 28.8 Å². The highest BCUT2D eigenvalue weighted by atomic mass is 35.5. The number of benzene rings is 1. The summed E-state index contributed by atoms with van der Waals surface area (Å²) in [7, 11) is -3.70. The maximum absolute atomic E-state index is 13.0. The highest BCUT2D eigenvalue weighted by Crippen LogP contribution is 2.36. The summed E-state index contributed by atoms with van der Waals surface area (Å²) in [4.78, 5) is 0.0135. The molecule has 0 spiro atoms. The highest BCUT2D eigenvalue weighted by Gasteiger charge is 2.42. The average Bonchev–Trinajstić information content (AvgIpc) is 2.46. The number of morpholine rings is 1. The zero-order valence-corrected chi connectivity index (χ0v) is 13.8. The quantitative estimate of drug-likeness (QED) is 0.822. The van der Waals surface area contributed by atoms with Crippen LogP contribution in [0.25, 0.3) is 0 Å². The van der Waals surface area contributed by atoms with Gasteiger partial charge >= 0.3 is 0 Å². The van der Waals surface area contributed by atoms with Gasteiger partial charge in [-0.3, -0.25) is 0 Å². The molecule has 0 aromatic heterocycles. The average molecular weight is 350 g/mol. The fourth-order valence-electron chi connectivity index (χ4n) is 3.21. The summed E-state index contributed by atoms with van der Waals surface area (Å²) in [5, 5.41) is 0.336. The first-order valence-electron chi connectivity index (χ1n) is 7.09. The van der Waals surface area contributed by atoms with Crippen LogP contribution in [0.4, 0.5) is 0 Å². The molecule has 2 unspecified atom stereocenters. The Morgan fingerprint density at radius 3 is 2.52 bits per heavy atom. The molecule has 0 bridgehead atoms. The Labute approximate surface area is 135 Å². The third-order valence-corrected chi connectivity index (χ3v) is 7.05. The normalized spacial score (nSPS) is 27.3. The zero-order valence-electron chi connectivity index (χ0n) is 11.5. The molecule has 7 heteroatoms. The molecule has 1 aromatic carbocycles. The van der Waals surface area contributed by atoms with Crippen molar-refractivity contribution in [1.82, 2.24) is 4.31 Å². The van der Waals surface area contributed by atoms with Crippen LogP contribution < -0.4 is 0 Å². The van der Waals surface area contributed by atoms with E-state index in [0.29, 0.717) is 13.2 Å². The van der Waals surface area contributed by atoms with E-state index in [4.69, 9.17) is 27.9 Å². The van der Waals surface area contributed by atoms with Crippen molar-refractivity contribution in [3.8, 4) is 0 Å². The molecule has 21 heavy (non-hydrogen) atoms. The minimum Gasteiger partial charge on any atom is -0.375 e. The number of sulfonamides is 1. The SMILES string of the molecule is O=S(=O)(c1c(Cl)cccc1Cl)N1CCOC2CCCCC21. The summed E-state index contributed by atoms with van der Waals surface area (Å²) in [6.45, 7) is 0.771. The summed E-state index contributed by atoms with van der Waals surface area (Å²) in [5.74, 6) is 0. The lowest BCUT2D eigenvalue weighted by Gasteiger charge is -2.42. The fourth-order valence-corrected chi connectivity index (χ4v) is 5.96. The molecule has 2 atom stereocenters. The van der Waals surface area contributed by atoms with Crippen LogP contribution in [0.5, 0.6) is 0 Å². The minimum absolute atomic E-state index is 0.0106. The molecule has 116 valence electrons. The van der Waals surface area contributed by atoms with Crippen molar-refractivity contribution >= 4 is 33.2 Å². The molecule has 1 saturated carbocycles. The van der Waals surface area contributed by atoms with Gasteiger partial charge in [0.25, 0.3) is 0 Å². The van der Waals surface area contributed by atoms with Crippen LogP contribution in [0.3, 0.4) is 0 Å². The van der Waals surface area contributed by atoms with Gasteiger partial charge in [-0.05, 0) is 25.0 Å². The van der Waals surface area contributed by atoms with Crippen LogP contribution in [-0.4, -0.2) is 38.0 Å². The second-order valence-electron chi connectivity index (χ2n) is 5.43. The predicted molar refractivity (Wildman–Crippen MR) is 82.3 cm³/mol. The molecule has 3 rings (SSSR count). The van der Waals surface area contributed by atoms with Crippen molar-refractivity contribution in [2.45, 2.75) is 42.7 Å². The van der Waals surface area contributed by atoms with E-state index in [1.54, 1.807) is 18.2 Å². The van der Waals surface area contributed by atoms with E-state index in [1.165, 1.54) is 4.31 Å². The molecule has 1 aromatic rings. The van der Waals surface area contributed by atoms with Crippen LogP contribution in [0.2, 0.25) is 10.0 Å². The number of hydrogen-bond donors (Lipinski definition) is 0. The van der Waals surface area contributed by atoms with Crippen molar-refractivity contribution in [2.75, 3.05) is 13.2 Å². The molecule has 2 fully saturated rings. The number of rotatable bonds is 2. The van der Waals surface area contributed by atoms with E-state index in [0.717, 1.165) is 25.7 Å². The third-order valence-electron chi connectivity index (χ3n) is 4.17. The second kappa shape index (κ2) is 6.05. The minimum atomic E-state index is -3.70. The molecule has 0 N–H and O–H groups in total. The van der Waals surface area contributed by atoms with E-state index in [-0.39, 0.29) is 27.1 Å². The van der Waals surface area contributed by atoms with E-state index >= 15 is 0 Å². The Kier molecular flexibility index (Phi) is 4.48. The van der Waals surface area contributed by atoms with Crippen LogP contribution in [0.1, 0.15) is 25.7 Å². The highest BCUT2D eigenvalue weighted by molar-refractivity contribution is 7.89. The van der Waals surface area contributed by atoms with Crippen molar-refractivity contribution in [3.63, 3.8) is 0 Å². The molecule has 1 aliphatic heterocycles. The lowest BCUT2D eigenvalue weighted by atomic mass is 9.91. The standard InChI is InChI=1S/C14H17Cl2NO3S/c15-10-4-3-5-11(16)14(10)21(18,19)17-8-9-20-13-7-2-1-6-12(13)17/h3-5,12-13H,1-2,6-9H2. The molecule has 1 saturated heterocycles. The van der Waals surface area contributed by atoms with Crippen molar-refractivity contribution in [3.05, 3.63) is 28.2 Å². The van der Waals surface area contributed by atoms with Gasteiger partial charge < -0.3 is 4.74 Å². The van der Waals surface area contributed by atoms with Crippen molar-refractivity contribution in [1.29, 1.82) is 0 Å². The first kappa shape index (κ1) is 15.6. The number of nitrogens with zero attached hydrogens (tertiary/aromatic N) is 1. The van der Waals surface area contributed by atoms with Gasteiger partial charge in [-0.2, -0.15) is 4.31 Å². The maximum Gasteiger partial charge on any atom is 0.246 e. The Balaban J connectivity index is 2.01. The Hall–Kier alpha value is -0.330. The van der Waals surface area contributed by atoms with E-state index in [9.17, 15) is 8.42 Å². The predicted octanol–water partition coefficient (Wildman–Crippen LogP) is 3.33. The molecule has 1 aliphatic carbocycles. The van der Waals surface area contributed by atoms with Crippen molar-refractivity contribution in [2.24, 2.45) is 0 Å². The van der Waals surface area contributed by atoms with Gasteiger partial charge in [0.2, 0.25) is 10.0 Å². The van der Waals surface area contributed by atoms with Gasteiger partial charge in [-0.25, -0.2) is 8.42 Å². The van der Waals surface area contributed by atoms with Crippen LogP contribution >= 0.6 is 23.2 Å². The zero-order chi connectivity index (χ0) is 15.0. The number of ether oxygens (including phenoxy) is 1. The maximum atomic E-state index is 13.0. The molecule has 1 heterocycles. The lowest BCUT2D eigenvalue weighted by Crippen LogP contribution is -2.54. The first-order valence-corrected chi connectivity index (χ1v) is 9.29. The Bertz CT molecular complexity index is 613. The summed E-state index contributed by atoms with van der Waals surface area (Å²) < 4.78 is 33.2. The molecular weight excluding hydrogens is 333 g/mol. The molecule has 4 nitrogen and oxygen atoms in total. The molecule has 2 aliphatic rings. The summed E-state index contributed by atoms with van der Waals surface area (Å²) in [6, 6.07) is 4.65. The number of hydrogen-bond acceptors (Lipinski definition) is 3. The third kappa shape index (κ3) is 2.82. The second-order valence-corrected chi connectivity index (χ2v) is 8.07. The Morgan fingerprint density at radius 2 is 1.81 bits per heavy atom. The van der Waals surface area contributed by atoms with E-state index in [2.05, 4.69) is 0 Å². The fraction of sp³-hybridized carbons (Fsp3) is 0.571. The van der Waals surface area contributed by atoms with Crippen LogP contribution in [-0.2, 0) is 14.8 Å². The largest absolute Gasteiger partial charge is 0.375 e. The van der Waals surface area contributed by atoms with Gasteiger partial charge in [-0.1, -0.05) is 42.1 Å². The molecule has 0 amide bonds. The van der Waals surface area contributed by atoms with E-state index in [1.807, 2.05) is 0 Å². The molecule has 0 radical (unpaired) electrons. The smallest absolute Gasteiger partial charge is 0.246 e. The van der Waals surface area contributed by atoms with Gasteiger partial charge in [0.15, 0.2) is 0 Å². The monoisotopic (exact) mass is 349 g/mol. The topological polar surface area (TPSA) is 46.6 Å². The van der Waals surface area contributed by atoms with Crippen molar-refractivity contribution < 1.29 is 13.2 Å². The van der Waals surface area contributed by atoms with Crippen LogP contribution in [0.15, 0.2) is 23.1 Å². The van der Waals surface area contributed by atoms with E-state index < -0.39 is 10.0 Å². The summed E-state index contributed by atoms with van der Waals surface area (Å²) in [6.07, 6.45) is 3.83. The van der Waals surface area contributed by atoms with Crippen LogP contribution in [0, 0.1) is 0 Å².